The second-order valence-electron chi connectivity index (χ2n) is 8.31. The molecule has 0 fully saturated rings. The summed E-state index contributed by atoms with van der Waals surface area (Å²) in [5, 5.41) is 8.63. The summed E-state index contributed by atoms with van der Waals surface area (Å²) in [6.45, 7) is 4.10. The van der Waals surface area contributed by atoms with E-state index in [2.05, 4.69) is 24.9 Å². The van der Waals surface area contributed by atoms with E-state index in [0.717, 1.165) is 51.2 Å². The molecule has 0 saturated heterocycles. The Morgan fingerprint density at radius 3 is 2.94 bits per heavy atom. The zero-order valence-electron chi connectivity index (χ0n) is 18.4. The minimum Gasteiger partial charge on any atom is -0.494 e. The van der Waals surface area contributed by atoms with Gasteiger partial charge in [-0.15, -0.1) is 16.4 Å². The van der Waals surface area contributed by atoms with Crippen LogP contribution >= 0.6 is 22.9 Å². The number of anilines is 2. The lowest BCUT2D eigenvalue weighted by Crippen LogP contribution is -2.39. The molecular weight excluding hydrogens is 444 g/mol. The number of nitrogens with one attached hydrogen (secondary N) is 1. The summed E-state index contributed by atoms with van der Waals surface area (Å²) in [5.41, 5.74) is 2.87. The number of ether oxygens (including phenoxy) is 1. The number of aryl methyl sites for hydroxylation is 1. The highest BCUT2D eigenvalue weighted by molar-refractivity contribution is 7.19. The van der Waals surface area contributed by atoms with E-state index in [1.807, 2.05) is 37.9 Å². The van der Waals surface area contributed by atoms with Crippen LogP contribution in [0.25, 0.3) is 20.4 Å². The number of thiophene rings is 1. The molecule has 3 heterocycles. The zero-order valence-corrected chi connectivity index (χ0v) is 20.0. The molecule has 1 aliphatic rings. The number of fused-ring (bicyclic) bond motifs is 4. The molecule has 0 unspecified atom stereocenters. The normalized spacial score (nSPS) is 15.8. The number of rotatable bonds is 5. The van der Waals surface area contributed by atoms with Crippen LogP contribution in [0.1, 0.15) is 30.7 Å². The lowest BCUT2D eigenvalue weighted by atomic mass is 9.86. The Labute approximate surface area is 193 Å². The summed E-state index contributed by atoms with van der Waals surface area (Å²) in [6, 6.07) is 4.07. The Morgan fingerprint density at radius 1 is 1.31 bits per heavy atom. The van der Waals surface area contributed by atoms with E-state index in [1.165, 1.54) is 22.0 Å². The maximum absolute atomic E-state index is 12.9. The second kappa shape index (κ2) is 8.25. The van der Waals surface area contributed by atoms with Gasteiger partial charge in [-0.1, -0.05) is 4.49 Å². The first-order chi connectivity index (χ1) is 15.5. The fourth-order valence-electron chi connectivity index (χ4n) is 4.16. The SMILES string of the molecule is COc1cc2nnsc2cc1Nc1ncnc2sc3c(c12)CC[C@H](C(=O)N(C)C(C)C)C3. The van der Waals surface area contributed by atoms with Crippen molar-refractivity contribution in [3.05, 3.63) is 28.9 Å². The Kier molecular flexibility index (Phi) is 5.42. The average molecular weight is 469 g/mol. The highest BCUT2D eigenvalue weighted by Gasteiger charge is 2.31. The van der Waals surface area contributed by atoms with E-state index in [4.69, 9.17) is 4.74 Å². The number of nitrogens with zero attached hydrogens (tertiary/aromatic N) is 5. The summed E-state index contributed by atoms with van der Waals surface area (Å²) in [5.74, 6) is 1.69. The highest BCUT2D eigenvalue weighted by atomic mass is 32.1. The summed E-state index contributed by atoms with van der Waals surface area (Å²) >= 11 is 3.01. The highest BCUT2D eigenvalue weighted by Crippen LogP contribution is 2.42. The molecule has 0 radical (unpaired) electrons. The number of carbonyl (C=O) groups is 1. The molecule has 4 aromatic rings. The smallest absolute Gasteiger partial charge is 0.226 e. The zero-order chi connectivity index (χ0) is 22.4. The molecule has 1 amide bonds. The molecule has 0 saturated carbocycles. The van der Waals surface area contributed by atoms with Crippen molar-refractivity contribution >= 4 is 60.7 Å². The summed E-state index contributed by atoms with van der Waals surface area (Å²) in [6.07, 6.45) is 4.02. The van der Waals surface area contributed by atoms with Crippen molar-refractivity contribution in [3.8, 4) is 5.75 Å². The molecule has 1 aromatic carbocycles. The summed E-state index contributed by atoms with van der Waals surface area (Å²) < 4.78 is 10.6. The molecular formula is C22H24N6O2S2. The topological polar surface area (TPSA) is 93.1 Å². The van der Waals surface area contributed by atoms with Gasteiger partial charge in [0.1, 0.15) is 28.2 Å². The van der Waals surface area contributed by atoms with Gasteiger partial charge in [0.15, 0.2) is 0 Å². The third-order valence-corrected chi connectivity index (χ3v) is 7.99. The fraction of sp³-hybridized carbons (Fsp3) is 0.409. The van der Waals surface area contributed by atoms with E-state index < -0.39 is 0 Å². The van der Waals surface area contributed by atoms with Gasteiger partial charge in [0.2, 0.25) is 5.91 Å². The van der Waals surface area contributed by atoms with Gasteiger partial charge in [-0.3, -0.25) is 4.79 Å². The molecule has 10 heteroatoms. The first-order valence-electron chi connectivity index (χ1n) is 10.5. The van der Waals surface area contributed by atoms with Gasteiger partial charge in [0.25, 0.3) is 0 Å². The molecule has 166 valence electrons. The molecule has 32 heavy (non-hydrogen) atoms. The molecule has 3 aromatic heterocycles. The van der Waals surface area contributed by atoms with Crippen LogP contribution in [-0.4, -0.2) is 50.6 Å². The molecule has 1 N–H and O–H groups in total. The molecule has 5 rings (SSSR count). The molecule has 0 bridgehead atoms. The maximum Gasteiger partial charge on any atom is 0.226 e. The van der Waals surface area contributed by atoms with Crippen molar-refractivity contribution in [1.82, 2.24) is 24.5 Å². The van der Waals surface area contributed by atoms with Crippen molar-refractivity contribution in [1.29, 1.82) is 0 Å². The molecule has 0 spiro atoms. The third kappa shape index (κ3) is 3.57. The van der Waals surface area contributed by atoms with Gasteiger partial charge in [-0.25, -0.2) is 9.97 Å². The van der Waals surface area contributed by atoms with Crippen LogP contribution < -0.4 is 10.1 Å². The Bertz CT molecular complexity index is 1310. The van der Waals surface area contributed by atoms with Crippen LogP contribution in [0.3, 0.4) is 0 Å². The standard InChI is InChI=1S/C22H24N6O2S2/c1-11(2)28(3)22(29)12-5-6-13-17(7-12)31-21-19(13)20(23-10-24-21)25-14-9-18-15(26-27-32-18)8-16(14)30-4/h8-12H,5-7H2,1-4H3,(H,23,24,25)/t12-/m0/s1. The van der Waals surface area contributed by atoms with Gasteiger partial charge in [0, 0.05) is 30.0 Å². The summed E-state index contributed by atoms with van der Waals surface area (Å²) in [4.78, 5) is 26.0. The van der Waals surface area contributed by atoms with E-state index in [1.54, 1.807) is 24.8 Å². The van der Waals surface area contributed by atoms with Crippen LogP contribution in [0.15, 0.2) is 18.5 Å². The van der Waals surface area contributed by atoms with Crippen molar-refractivity contribution in [3.63, 3.8) is 0 Å². The number of hydrogen-bond donors (Lipinski definition) is 1. The maximum atomic E-state index is 12.9. The first kappa shape index (κ1) is 21.0. The van der Waals surface area contributed by atoms with Gasteiger partial charge in [0.05, 0.1) is 22.9 Å². The lowest BCUT2D eigenvalue weighted by molar-refractivity contribution is -0.136. The lowest BCUT2D eigenvalue weighted by Gasteiger charge is -2.29. The van der Waals surface area contributed by atoms with Crippen LogP contribution in [0.4, 0.5) is 11.5 Å². The Hall–Kier alpha value is -2.85. The van der Waals surface area contributed by atoms with Gasteiger partial charge < -0.3 is 15.0 Å². The molecule has 1 atom stereocenters. The van der Waals surface area contributed by atoms with E-state index in [9.17, 15) is 4.79 Å². The quantitative estimate of drug-likeness (QED) is 0.463. The third-order valence-electron chi connectivity index (χ3n) is 6.14. The van der Waals surface area contributed by atoms with Crippen molar-refractivity contribution in [2.75, 3.05) is 19.5 Å². The predicted octanol–water partition coefficient (Wildman–Crippen LogP) is 4.42. The van der Waals surface area contributed by atoms with Crippen molar-refractivity contribution < 1.29 is 9.53 Å². The predicted molar refractivity (Wildman–Crippen MR) is 128 cm³/mol. The monoisotopic (exact) mass is 468 g/mol. The van der Waals surface area contributed by atoms with Crippen LogP contribution in [0, 0.1) is 5.92 Å². The molecule has 1 aliphatic carbocycles. The largest absolute Gasteiger partial charge is 0.494 e. The van der Waals surface area contributed by atoms with Gasteiger partial charge in [-0.05, 0) is 56.3 Å². The number of aromatic nitrogens is 4. The Morgan fingerprint density at radius 2 is 2.16 bits per heavy atom. The van der Waals surface area contributed by atoms with Crippen molar-refractivity contribution in [2.45, 2.75) is 39.2 Å². The van der Waals surface area contributed by atoms with Crippen molar-refractivity contribution in [2.24, 2.45) is 5.92 Å². The molecule has 0 aliphatic heterocycles. The fourth-order valence-corrected chi connectivity index (χ4v) is 6.01. The number of methoxy groups -OCH3 is 1. The molecule has 8 nitrogen and oxygen atoms in total. The van der Waals surface area contributed by atoms with Gasteiger partial charge >= 0.3 is 0 Å². The first-order valence-corrected chi connectivity index (χ1v) is 12.1. The van der Waals surface area contributed by atoms with Crippen LogP contribution in [0.2, 0.25) is 0 Å². The minimum absolute atomic E-state index is 0.0219. The van der Waals surface area contributed by atoms with E-state index >= 15 is 0 Å². The summed E-state index contributed by atoms with van der Waals surface area (Å²) in [7, 11) is 3.53. The van der Waals surface area contributed by atoms with Gasteiger partial charge in [-0.2, -0.15) is 0 Å². The minimum atomic E-state index is 0.0219. The van der Waals surface area contributed by atoms with Crippen LogP contribution in [-0.2, 0) is 17.6 Å². The second-order valence-corrected chi connectivity index (χ2v) is 10.2. The number of amides is 1. The number of carbonyl (C=O) groups excluding carboxylic acids is 1. The Balaban J connectivity index is 1.50. The number of hydrogen-bond acceptors (Lipinski definition) is 9. The van der Waals surface area contributed by atoms with Crippen LogP contribution in [0.5, 0.6) is 5.75 Å². The average Bonchev–Trinajstić information content (AvgIpc) is 3.40. The van der Waals surface area contributed by atoms with E-state index in [-0.39, 0.29) is 17.9 Å². The number of benzene rings is 1. The van der Waals surface area contributed by atoms with E-state index in [0.29, 0.717) is 5.75 Å².